The van der Waals surface area contributed by atoms with Crippen LogP contribution in [-0.2, 0) is 0 Å². The summed E-state index contributed by atoms with van der Waals surface area (Å²) in [6.45, 7) is 2.18. The van der Waals surface area contributed by atoms with E-state index in [1.165, 1.54) is 25.7 Å². The Hall–Kier alpha value is 0.0249. The van der Waals surface area contributed by atoms with E-state index >= 15 is 0 Å². The predicted molar refractivity (Wildman–Crippen MR) is 43.3 cm³/mol. The highest BCUT2D eigenvalue weighted by Gasteiger charge is 2.36. The van der Waals surface area contributed by atoms with Crippen LogP contribution < -0.4 is 5.32 Å². The molecule has 54 valence electrons. The first-order valence-corrected chi connectivity index (χ1v) is 4.21. The molecule has 2 aliphatic rings. The Bertz CT molecular complexity index is 130. The monoisotopic (exact) mass is 135 g/mol. The molecule has 2 fully saturated rings. The summed E-state index contributed by atoms with van der Waals surface area (Å²) >= 11 is 0. The fraction of sp³-hybridized carbons (Fsp3) is 1.00. The molecule has 1 nitrogen and oxygen atoms in total. The lowest BCUT2D eigenvalue weighted by Crippen LogP contribution is -2.40. The van der Waals surface area contributed by atoms with E-state index < -0.39 is 0 Å². The van der Waals surface area contributed by atoms with Crippen LogP contribution in [0, 0.1) is 0 Å². The normalized spacial score (nSPS) is 53.3. The van der Waals surface area contributed by atoms with Crippen LogP contribution >= 0.6 is 0 Å². The van der Waals surface area contributed by atoms with E-state index in [9.17, 15) is 0 Å². The van der Waals surface area contributed by atoms with E-state index in [4.69, 9.17) is 7.85 Å². The molecule has 2 saturated heterocycles. The summed E-state index contributed by atoms with van der Waals surface area (Å²) < 4.78 is 0. The molecule has 2 heteroatoms. The molecule has 10 heavy (non-hydrogen) atoms. The van der Waals surface area contributed by atoms with Crippen molar-refractivity contribution in [2.24, 2.45) is 0 Å². The zero-order chi connectivity index (χ0) is 7.19. The molecule has 1 N–H and O–H groups in total. The van der Waals surface area contributed by atoms with Crippen LogP contribution in [0.1, 0.15) is 32.6 Å². The molecule has 2 heterocycles. The lowest BCUT2D eigenvalue weighted by atomic mass is 9.63. The molecule has 0 aromatic carbocycles. The highest BCUT2D eigenvalue weighted by Crippen LogP contribution is 2.42. The highest BCUT2D eigenvalue weighted by atomic mass is 15.0. The smallest absolute Gasteiger partial charge is 0.0744 e. The Balaban J connectivity index is 2.09. The topological polar surface area (TPSA) is 12.0 Å². The Kier molecular flexibility index (Phi) is 1.35. The van der Waals surface area contributed by atoms with Crippen LogP contribution in [0.5, 0.6) is 0 Å². The van der Waals surface area contributed by atoms with Gasteiger partial charge in [-0.25, -0.2) is 0 Å². The number of nitrogens with one attached hydrogen (secondary N) is 1. The molecule has 2 radical (unpaired) electrons. The second-order valence-corrected chi connectivity index (χ2v) is 4.20. The van der Waals surface area contributed by atoms with Gasteiger partial charge in [0.1, 0.15) is 0 Å². The second kappa shape index (κ2) is 2.01. The van der Waals surface area contributed by atoms with E-state index in [0.29, 0.717) is 0 Å². The first-order chi connectivity index (χ1) is 4.66. The zero-order valence-electron chi connectivity index (χ0n) is 6.56. The minimum Gasteiger partial charge on any atom is -0.311 e. The van der Waals surface area contributed by atoms with Crippen molar-refractivity contribution in [3.63, 3.8) is 0 Å². The third kappa shape index (κ3) is 1.09. The van der Waals surface area contributed by atoms with E-state index in [1.54, 1.807) is 0 Å². The van der Waals surface area contributed by atoms with Crippen molar-refractivity contribution in [1.82, 2.24) is 5.32 Å². The minimum absolute atomic E-state index is 0.122. The van der Waals surface area contributed by atoms with Crippen LogP contribution in [0.4, 0.5) is 0 Å². The fourth-order valence-corrected chi connectivity index (χ4v) is 2.43. The molecular weight excluding hydrogens is 121 g/mol. The van der Waals surface area contributed by atoms with E-state index in [2.05, 4.69) is 12.2 Å². The summed E-state index contributed by atoms with van der Waals surface area (Å²) in [6.07, 6.45) is 5.03. The van der Waals surface area contributed by atoms with E-state index in [0.717, 1.165) is 12.1 Å². The summed E-state index contributed by atoms with van der Waals surface area (Å²) in [5.41, 5.74) is 0. The van der Waals surface area contributed by atoms with Gasteiger partial charge in [-0.05, 0) is 25.7 Å². The van der Waals surface area contributed by atoms with Crippen LogP contribution in [0.3, 0.4) is 0 Å². The van der Waals surface area contributed by atoms with Gasteiger partial charge in [0.2, 0.25) is 0 Å². The molecule has 0 aromatic heterocycles. The van der Waals surface area contributed by atoms with Crippen LogP contribution in [0.15, 0.2) is 0 Å². The molecule has 2 rings (SSSR count). The maximum Gasteiger partial charge on any atom is 0.0744 e. The maximum absolute atomic E-state index is 6.06. The average Bonchev–Trinajstić information content (AvgIpc) is 2.08. The number of piperidine rings is 1. The molecule has 2 aliphatic heterocycles. The molecule has 0 amide bonds. The van der Waals surface area contributed by atoms with Gasteiger partial charge >= 0.3 is 0 Å². The molecule has 0 aliphatic carbocycles. The van der Waals surface area contributed by atoms with E-state index in [-0.39, 0.29) is 5.31 Å². The average molecular weight is 135 g/mol. The summed E-state index contributed by atoms with van der Waals surface area (Å²) in [6, 6.07) is 1.46. The first kappa shape index (κ1) is 6.72. The van der Waals surface area contributed by atoms with Crippen LogP contribution in [-0.4, -0.2) is 19.9 Å². The standard InChI is InChI=1S/C8H14BN/c1-8(9)4-6-2-3-7(5-8)10-6/h6-7,10H,2-5H2,1H3. The Morgan fingerprint density at radius 2 is 1.80 bits per heavy atom. The highest BCUT2D eigenvalue weighted by molar-refractivity contribution is 6.15. The van der Waals surface area contributed by atoms with Gasteiger partial charge in [0, 0.05) is 12.1 Å². The van der Waals surface area contributed by atoms with Crippen molar-refractivity contribution in [2.75, 3.05) is 0 Å². The number of rotatable bonds is 0. The molecular formula is C8H14BN. The zero-order valence-corrected chi connectivity index (χ0v) is 6.56. The molecule has 0 spiro atoms. The Morgan fingerprint density at radius 1 is 1.30 bits per heavy atom. The Morgan fingerprint density at radius 3 is 2.30 bits per heavy atom. The number of hydrogen-bond donors (Lipinski definition) is 1. The van der Waals surface area contributed by atoms with Gasteiger partial charge in [-0.1, -0.05) is 12.2 Å². The molecule has 0 aromatic rings. The first-order valence-electron chi connectivity index (χ1n) is 4.21. The van der Waals surface area contributed by atoms with Crippen molar-refractivity contribution in [1.29, 1.82) is 0 Å². The lowest BCUT2D eigenvalue weighted by Gasteiger charge is -2.35. The fourth-order valence-electron chi connectivity index (χ4n) is 2.43. The van der Waals surface area contributed by atoms with Crippen LogP contribution in [0.2, 0.25) is 5.31 Å². The van der Waals surface area contributed by atoms with Gasteiger partial charge in [0.25, 0.3) is 0 Å². The van der Waals surface area contributed by atoms with Crippen molar-refractivity contribution < 1.29 is 0 Å². The van der Waals surface area contributed by atoms with Gasteiger partial charge in [0.05, 0.1) is 7.85 Å². The maximum atomic E-state index is 6.06. The number of fused-ring (bicyclic) bond motifs is 2. The third-order valence-corrected chi connectivity index (χ3v) is 2.76. The van der Waals surface area contributed by atoms with Gasteiger partial charge < -0.3 is 5.32 Å². The predicted octanol–water partition coefficient (Wildman–Crippen LogP) is 1.25. The lowest BCUT2D eigenvalue weighted by molar-refractivity contribution is 0.334. The van der Waals surface area contributed by atoms with Crippen molar-refractivity contribution in [3.8, 4) is 0 Å². The summed E-state index contributed by atoms with van der Waals surface area (Å²) in [4.78, 5) is 0. The SMILES string of the molecule is [B]C1(C)CC2CCC(C1)N2. The third-order valence-electron chi connectivity index (χ3n) is 2.76. The molecule has 2 atom stereocenters. The van der Waals surface area contributed by atoms with Crippen molar-refractivity contribution in [2.45, 2.75) is 50.0 Å². The molecule has 0 saturated carbocycles. The molecule has 2 unspecified atom stereocenters. The summed E-state index contributed by atoms with van der Waals surface area (Å²) in [7, 11) is 6.06. The number of hydrogen-bond acceptors (Lipinski definition) is 1. The second-order valence-electron chi connectivity index (χ2n) is 4.20. The Labute approximate surface area is 64.0 Å². The van der Waals surface area contributed by atoms with Gasteiger partial charge in [-0.2, -0.15) is 0 Å². The van der Waals surface area contributed by atoms with Crippen molar-refractivity contribution in [3.05, 3.63) is 0 Å². The van der Waals surface area contributed by atoms with Gasteiger partial charge in [-0.15, -0.1) is 0 Å². The minimum atomic E-state index is 0.122. The molecule has 2 bridgehead atoms. The van der Waals surface area contributed by atoms with Gasteiger partial charge in [-0.3, -0.25) is 0 Å². The van der Waals surface area contributed by atoms with Gasteiger partial charge in [0.15, 0.2) is 0 Å². The largest absolute Gasteiger partial charge is 0.311 e. The van der Waals surface area contributed by atoms with Crippen molar-refractivity contribution >= 4 is 7.85 Å². The summed E-state index contributed by atoms with van der Waals surface area (Å²) in [5, 5.41) is 3.69. The quantitative estimate of drug-likeness (QED) is 0.493. The van der Waals surface area contributed by atoms with Crippen LogP contribution in [0.25, 0.3) is 0 Å². The summed E-state index contributed by atoms with van der Waals surface area (Å²) in [5.74, 6) is 0. The van der Waals surface area contributed by atoms with E-state index in [1.807, 2.05) is 0 Å².